The molecule has 2 saturated heterocycles. The summed E-state index contributed by atoms with van der Waals surface area (Å²) in [7, 11) is 0. The van der Waals surface area contributed by atoms with Crippen molar-refractivity contribution in [3.8, 4) is 0 Å². The molecule has 0 bridgehead atoms. The van der Waals surface area contributed by atoms with Crippen LogP contribution < -0.4 is 5.32 Å². The molecule has 2 aliphatic rings. The number of hydrogen-bond donors (Lipinski definition) is 1. The van der Waals surface area contributed by atoms with Crippen LogP contribution in [-0.4, -0.2) is 49.3 Å². The first-order chi connectivity index (χ1) is 6.25. The van der Waals surface area contributed by atoms with Gasteiger partial charge in [-0.05, 0) is 20.3 Å². The van der Waals surface area contributed by atoms with Gasteiger partial charge in [-0.2, -0.15) is 0 Å². The minimum absolute atomic E-state index is 0.312. The molecule has 0 saturated carbocycles. The fourth-order valence-electron chi connectivity index (χ4n) is 2.63. The number of nitrogens with zero attached hydrogens (tertiary/aromatic N) is 1. The van der Waals surface area contributed by atoms with E-state index in [1.807, 2.05) is 0 Å². The predicted molar refractivity (Wildman–Crippen MR) is 52.9 cm³/mol. The van der Waals surface area contributed by atoms with E-state index in [-0.39, 0.29) is 0 Å². The van der Waals surface area contributed by atoms with Crippen molar-refractivity contribution < 1.29 is 4.74 Å². The molecule has 0 unspecified atom stereocenters. The van der Waals surface area contributed by atoms with Crippen LogP contribution in [0, 0.1) is 0 Å². The second-order valence-electron chi connectivity index (χ2n) is 4.49. The van der Waals surface area contributed by atoms with Gasteiger partial charge in [-0.1, -0.05) is 0 Å². The van der Waals surface area contributed by atoms with Gasteiger partial charge in [0.1, 0.15) is 0 Å². The summed E-state index contributed by atoms with van der Waals surface area (Å²) in [5.41, 5.74) is 0.312. The molecule has 0 aromatic heterocycles. The van der Waals surface area contributed by atoms with Crippen LogP contribution in [0.5, 0.6) is 0 Å². The highest BCUT2D eigenvalue weighted by atomic mass is 16.5. The van der Waals surface area contributed by atoms with Crippen LogP contribution in [0.2, 0.25) is 0 Å². The van der Waals surface area contributed by atoms with Crippen molar-refractivity contribution >= 4 is 0 Å². The van der Waals surface area contributed by atoms with E-state index in [0.717, 1.165) is 26.3 Å². The SMILES string of the molecule is CC(C)N1CCNC[C@]12CCOC2. The summed E-state index contributed by atoms with van der Waals surface area (Å²) in [5.74, 6) is 0. The zero-order valence-corrected chi connectivity index (χ0v) is 8.68. The normalized spacial score (nSPS) is 36.2. The van der Waals surface area contributed by atoms with Crippen molar-refractivity contribution in [1.29, 1.82) is 0 Å². The number of nitrogens with one attached hydrogen (secondary N) is 1. The van der Waals surface area contributed by atoms with Crippen molar-refractivity contribution in [2.45, 2.75) is 31.8 Å². The summed E-state index contributed by atoms with van der Waals surface area (Å²) in [6, 6.07) is 0.642. The van der Waals surface area contributed by atoms with E-state index >= 15 is 0 Å². The van der Waals surface area contributed by atoms with Crippen LogP contribution >= 0.6 is 0 Å². The molecule has 0 radical (unpaired) electrons. The zero-order chi connectivity index (χ0) is 9.31. The Morgan fingerprint density at radius 1 is 1.46 bits per heavy atom. The molecule has 2 rings (SSSR count). The first-order valence-electron chi connectivity index (χ1n) is 5.30. The van der Waals surface area contributed by atoms with Gasteiger partial charge in [0.05, 0.1) is 12.1 Å². The van der Waals surface area contributed by atoms with E-state index in [1.54, 1.807) is 0 Å². The van der Waals surface area contributed by atoms with E-state index < -0.39 is 0 Å². The van der Waals surface area contributed by atoms with Crippen molar-refractivity contribution in [2.75, 3.05) is 32.8 Å². The maximum absolute atomic E-state index is 5.54. The molecule has 76 valence electrons. The predicted octanol–water partition coefficient (Wildman–Crippen LogP) is 0.459. The molecule has 1 N–H and O–H groups in total. The van der Waals surface area contributed by atoms with Gasteiger partial charge < -0.3 is 10.1 Å². The van der Waals surface area contributed by atoms with Crippen molar-refractivity contribution in [1.82, 2.24) is 10.2 Å². The molecule has 1 spiro atoms. The number of ether oxygens (including phenoxy) is 1. The molecule has 2 fully saturated rings. The van der Waals surface area contributed by atoms with Gasteiger partial charge in [0, 0.05) is 32.3 Å². The van der Waals surface area contributed by atoms with E-state index in [4.69, 9.17) is 4.74 Å². The quantitative estimate of drug-likeness (QED) is 0.641. The third-order valence-corrected chi connectivity index (χ3v) is 3.30. The van der Waals surface area contributed by atoms with Crippen molar-refractivity contribution in [2.24, 2.45) is 0 Å². The number of hydrogen-bond acceptors (Lipinski definition) is 3. The Hall–Kier alpha value is -0.120. The highest BCUT2D eigenvalue weighted by molar-refractivity contribution is 4.99. The molecule has 0 aromatic carbocycles. The minimum atomic E-state index is 0.312. The Balaban J connectivity index is 2.12. The highest BCUT2D eigenvalue weighted by Crippen LogP contribution is 2.28. The lowest BCUT2D eigenvalue weighted by molar-refractivity contribution is 0.0215. The van der Waals surface area contributed by atoms with E-state index in [0.29, 0.717) is 11.6 Å². The molecule has 0 amide bonds. The largest absolute Gasteiger partial charge is 0.379 e. The summed E-state index contributed by atoms with van der Waals surface area (Å²) < 4.78 is 5.54. The summed E-state index contributed by atoms with van der Waals surface area (Å²) in [6.07, 6.45) is 1.19. The van der Waals surface area contributed by atoms with Gasteiger partial charge in [0.2, 0.25) is 0 Å². The minimum Gasteiger partial charge on any atom is -0.379 e. The third-order valence-electron chi connectivity index (χ3n) is 3.30. The topological polar surface area (TPSA) is 24.5 Å². The van der Waals surface area contributed by atoms with Crippen LogP contribution in [-0.2, 0) is 4.74 Å². The fraction of sp³-hybridized carbons (Fsp3) is 1.00. The van der Waals surface area contributed by atoms with E-state index in [2.05, 4.69) is 24.1 Å². The van der Waals surface area contributed by atoms with Crippen LogP contribution in [0.3, 0.4) is 0 Å². The molecule has 3 nitrogen and oxygen atoms in total. The van der Waals surface area contributed by atoms with Gasteiger partial charge >= 0.3 is 0 Å². The van der Waals surface area contributed by atoms with Crippen LogP contribution in [0.25, 0.3) is 0 Å². The Morgan fingerprint density at radius 3 is 2.92 bits per heavy atom. The lowest BCUT2D eigenvalue weighted by Gasteiger charge is -2.46. The van der Waals surface area contributed by atoms with Gasteiger partial charge in [-0.3, -0.25) is 4.90 Å². The monoisotopic (exact) mass is 184 g/mol. The molecule has 13 heavy (non-hydrogen) atoms. The first kappa shape index (κ1) is 9.44. The standard InChI is InChI=1S/C10H20N2O/c1-9(2)12-5-4-11-7-10(12)3-6-13-8-10/h9,11H,3-8H2,1-2H3/t10-/m0/s1. The van der Waals surface area contributed by atoms with Crippen LogP contribution in [0.15, 0.2) is 0 Å². The van der Waals surface area contributed by atoms with Crippen LogP contribution in [0.4, 0.5) is 0 Å². The molecule has 2 aliphatic heterocycles. The van der Waals surface area contributed by atoms with Crippen molar-refractivity contribution in [3.63, 3.8) is 0 Å². The molecule has 3 heteroatoms. The smallest absolute Gasteiger partial charge is 0.0663 e. The van der Waals surface area contributed by atoms with Gasteiger partial charge in [-0.25, -0.2) is 0 Å². The highest BCUT2D eigenvalue weighted by Gasteiger charge is 2.42. The molecular formula is C10H20N2O. The fourth-order valence-corrected chi connectivity index (χ4v) is 2.63. The lowest BCUT2D eigenvalue weighted by Crippen LogP contribution is -2.63. The van der Waals surface area contributed by atoms with Gasteiger partial charge in [0.25, 0.3) is 0 Å². The average Bonchev–Trinajstić information content (AvgIpc) is 2.54. The summed E-state index contributed by atoms with van der Waals surface area (Å²) >= 11 is 0. The Kier molecular flexibility index (Phi) is 2.58. The van der Waals surface area contributed by atoms with Gasteiger partial charge in [-0.15, -0.1) is 0 Å². The molecule has 2 heterocycles. The molecule has 0 aliphatic carbocycles. The van der Waals surface area contributed by atoms with Crippen molar-refractivity contribution in [3.05, 3.63) is 0 Å². The number of rotatable bonds is 1. The molecule has 0 aromatic rings. The van der Waals surface area contributed by atoms with Gasteiger partial charge in [0.15, 0.2) is 0 Å². The maximum atomic E-state index is 5.54. The molecular weight excluding hydrogens is 164 g/mol. The second-order valence-corrected chi connectivity index (χ2v) is 4.49. The lowest BCUT2D eigenvalue weighted by atomic mass is 9.92. The van der Waals surface area contributed by atoms with Crippen LogP contribution in [0.1, 0.15) is 20.3 Å². The Bertz CT molecular complexity index is 176. The summed E-state index contributed by atoms with van der Waals surface area (Å²) in [6.45, 7) is 9.81. The Morgan fingerprint density at radius 2 is 2.31 bits per heavy atom. The zero-order valence-electron chi connectivity index (χ0n) is 8.68. The number of piperazine rings is 1. The second kappa shape index (κ2) is 3.56. The first-order valence-corrected chi connectivity index (χ1v) is 5.30. The summed E-state index contributed by atoms with van der Waals surface area (Å²) in [4.78, 5) is 2.61. The summed E-state index contributed by atoms with van der Waals surface area (Å²) in [5, 5.41) is 3.48. The maximum Gasteiger partial charge on any atom is 0.0663 e. The third kappa shape index (κ3) is 1.60. The molecule has 1 atom stereocenters. The van der Waals surface area contributed by atoms with E-state index in [1.165, 1.54) is 13.0 Å². The van der Waals surface area contributed by atoms with E-state index in [9.17, 15) is 0 Å². The average molecular weight is 184 g/mol. The Labute approximate surface area is 80.4 Å².